The molecule has 1 saturated heterocycles. The van der Waals surface area contributed by atoms with Crippen molar-refractivity contribution in [3.63, 3.8) is 0 Å². The molecule has 1 aliphatic rings. The molecule has 0 atom stereocenters. The lowest BCUT2D eigenvalue weighted by molar-refractivity contribution is 0.0713. The number of pyridine rings is 1. The molecule has 2 aromatic carbocycles. The quantitative estimate of drug-likeness (QED) is 0.414. The molecule has 0 radical (unpaired) electrons. The van der Waals surface area contributed by atoms with Crippen molar-refractivity contribution in [2.24, 2.45) is 0 Å². The molecule has 0 aliphatic carbocycles. The molecule has 32 heavy (non-hydrogen) atoms. The van der Waals surface area contributed by atoms with Crippen molar-refractivity contribution in [3.05, 3.63) is 95.6 Å². The summed E-state index contributed by atoms with van der Waals surface area (Å²) >= 11 is 0. The fourth-order valence-electron chi connectivity index (χ4n) is 4.54. The zero-order valence-electron chi connectivity index (χ0n) is 18.1. The van der Waals surface area contributed by atoms with Crippen LogP contribution in [0.4, 0.5) is 0 Å². The van der Waals surface area contributed by atoms with Gasteiger partial charge in [0.1, 0.15) is 5.52 Å². The molecular weight excluding hydrogens is 398 g/mol. The standard InChI is InChI=1S/C27H27N3O2/c31-27(30-17-13-22(14-18-30)21-11-15-28-16-12-21)23-9-10-25-24(19-23)29-26(32-25)8-4-7-20-5-2-1-3-6-20/h1-3,5-6,9-12,15-16,19,22H,4,7-8,13-14,17-18H2. The average Bonchev–Trinajstić information content (AvgIpc) is 3.27. The summed E-state index contributed by atoms with van der Waals surface area (Å²) in [5.74, 6) is 1.31. The van der Waals surface area contributed by atoms with E-state index in [1.165, 1.54) is 11.1 Å². The minimum absolute atomic E-state index is 0.0775. The third-order valence-corrected chi connectivity index (χ3v) is 6.34. The zero-order chi connectivity index (χ0) is 21.8. The Bertz CT molecular complexity index is 1180. The zero-order valence-corrected chi connectivity index (χ0v) is 18.1. The first-order chi connectivity index (χ1) is 15.8. The van der Waals surface area contributed by atoms with Crippen LogP contribution in [0.5, 0.6) is 0 Å². The Morgan fingerprint density at radius 3 is 2.53 bits per heavy atom. The highest BCUT2D eigenvalue weighted by Crippen LogP contribution is 2.28. The first-order valence-electron chi connectivity index (χ1n) is 11.4. The largest absolute Gasteiger partial charge is 0.441 e. The van der Waals surface area contributed by atoms with Crippen molar-refractivity contribution < 1.29 is 9.21 Å². The molecule has 0 saturated carbocycles. The molecule has 162 valence electrons. The number of benzene rings is 2. The summed E-state index contributed by atoms with van der Waals surface area (Å²) in [6, 6.07) is 20.2. The molecule has 5 heteroatoms. The number of hydrogen-bond donors (Lipinski definition) is 0. The van der Waals surface area contributed by atoms with E-state index in [-0.39, 0.29) is 5.91 Å². The second-order valence-corrected chi connectivity index (χ2v) is 8.48. The number of oxazole rings is 1. The van der Waals surface area contributed by atoms with Crippen molar-refractivity contribution in [1.29, 1.82) is 0 Å². The van der Waals surface area contributed by atoms with Crippen LogP contribution in [0.1, 0.15) is 52.6 Å². The van der Waals surface area contributed by atoms with E-state index in [4.69, 9.17) is 4.42 Å². The highest BCUT2D eigenvalue weighted by Gasteiger charge is 2.25. The van der Waals surface area contributed by atoms with Crippen molar-refractivity contribution in [1.82, 2.24) is 14.9 Å². The lowest BCUT2D eigenvalue weighted by Crippen LogP contribution is -2.37. The molecule has 4 aromatic rings. The second kappa shape index (κ2) is 9.35. The van der Waals surface area contributed by atoms with Crippen molar-refractivity contribution in [2.45, 2.75) is 38.0 Å². The molecule has 5 nitrogen and oxygen atoms in total. The maximum absolute atomic E-state index is 13.1. The number of nitrogens with zero attached hydrogens (tertiary/aromatic N) is 3. The molecule has 3 heterocycles. The summed E-state index contributed by atoms with van der Waals surface area (Å²) < 4.78 is 5.91. The summed E-state index contributed by atoms with van der Waals surface area (Å²) in [6.45, 7) is 1.54. The summed E-state index contributed by atoms with van der Waals surface area (Å²) in [5, 5.41) is 0. The monoisotopic (exact) mass is 425 g/mol. The lowest BCUT2D eigenvalue weighted by Gasteiger charge is -2.32. The van der Waals surface area contributed by atoms with Crippen LogP contribution >= 0.6 is 0 Å². The normalized spacial score (nSPS) is 14.7. The first-order valence-corrected chi connectivity index (χ1v) is 11.4. The van der Waals surface area contributed by atoms with Crippen LogP contribution in [-0.2, 0) is 12.8 Å². The van der Waals surface area contributed by atoms with Gasteiger partial charge in [0.25, 0.3) is 5.91 Å². The molecule has 1 fully saturated rings. The molecule has 2 aromatic heterocycles. The number of carbonyl (C=O) groups is 1. The van der Waals surface area contributed by atoms with Gasteiger partial charge in [-0.05, 0) is 73.1 Å². The number of rotatable bonds is 6. The Morgan fingerprint density at radius 1 is 0.969 bits per heavy atom. The molecule has 0 spiro atoms. The van der Waals surface area contributed by atoms with Gasteiger partial charge in [-0.15, -0.1) is 0 Å². The average molecular weight is 426 g/mol. The van der Waals surface area contributed by atoms with Gasteiger partial charge in [0.2, 0.25) is 0 Å². The third kappa shape index (κ3) is 4.57. The van der Waals surface area contributed by atoms with Crippen LogP contribution in [0.2, 0.25) is 0 Å². The van der Waals surface area contributed by atoms with Gasteiger partial charge in [-0.25, -0.2) is 4.98 Å². The number of amides is 1. The second-order valence-electron chi connectivity index (χ2n) is 8.48. The smallest absolute Gasteiger partial charge is 0.253 e. The Hall–Kier alpha value is -3.47. The Labute approximate surface area is 188 Å². The number of piperidine rings is 1. The Kier molecular flexibility index (Phi) is 5.97. The molecule has 5 rings (SSSR count). The number of aromatic nitrogens is 2. The van der Waals surface area contributed by atoms with Gasteiger partial charge in [-0.3, -0.25) is 9.78 Å². The van der Waals surface area contributed by atoms with Crippen molar-refractivity contribution >= 4 is 17.0 Å². The molecular formula is C27H27N3O2. The molecule has 0 bridgehead atoms. The van der Waals surface area contributed by atoms with Crippen LogP contribution in [0.15, 0.2) is 77.5 Å². The number of fused-ring (bicyclic) bond motifs is 1. The van der Waals surface area contributed by atoms with E-state index < -0.39 is 0 Å². The first kappa shape index (κ1) is 20.4. The number of likely N-dealkylation sites (tertiary alicyclic amines) is 1. The van der Waals surface area contributed by atoms with Gasteiger partial charge in [0.15, 0.2) is 11.5 Å². The van der Waals surface area contributed by atoms with Crippen LogP contribution < -0.4 is 0 Å². The minimum Gasteiger partial charge on any atom is -0.441 e. The fraction of sp³-hybridized carbons (Fsp3) is 0.296. The SMILES string of the molecule is O=C(c1ccc2oc(CCCc3ccccc3)nc2c1)N1CCC(c2ccncc2)CC1. The number of hydrogen-bond acceptors (Lipinski definition) is 4. The van der Waals surface area contributed by atoms with Crippen LogP contribution in [0, 0.1) is 0 Å². The van der Waals surface area contributed by atoms with E-state index in [0.717, 1.165) is 62.2 Å². The molecule has 1 amide bonds. The minimum atomic E-state index is 0.0775. The van der Waals surface area contributed by atoms with E-state index in [1.54, 1.807) is 0 Å². The highest BCUT2D eigenvalue weighted by molar-refractivity contribution is 5.97. The lowest BCUT2D eigenvalue weighted by atomic mass is 9.90. The Balaban J connectivity index is 1.20. The molecule has 1 aliphatic heterocycles. The summed E-state index contributed by atoms with van der Waals surface area (Å²) in [7, 11) is 0. The van der Waals surface area contributed by atoms with Crippen molar-refractivity contribution in [2.75, 3.05) is 13.1 Å². The van der Waals surface area contributed by atoms with E-state index in [2.05, 4.69) is 46.4 Å². The fourth-order valence-corrected chi connectivity index (χ4v) is 4.54. The van der Waals surface area contributed by atoms with Gasteiger partial charge in [-0.2, -0.15) is 0 Å². The van der Waals surface area contributed by atoms with E-state index in [9.17, 15) is 4.79 Å². The third-order valence-electron chi connectivity index (χ3n) is 6.34. The van der Waals surface area contributed by atoms with E-state index >= 15 is 0 Å². The summed E-state index contributed by atoms with van der Waals surface area (Å²) in [4.78, 5) is 23.8. The van der Waals surface area contributed by atoms with Crippen LogP contribution in [-0.4, -0.2) is 33.9 Å². The van der Waals surface area contributed by atoms with Gasteiger partial charge in [0, 0.05) is 37.5 Å². The van der Waals surface area contributed by atoms with Gasteiger partial charge in [-0.1, -0.05) is 30.3 Å². The molecule has 0 N–H and O–H groups in total. The highest BCUT2D eigenvalue weighted by atomic mass is 16.3. The predicted octanol–water partition coefficient (Wildman–Crippen LogP) is 5.42. The Morgan fingerprint density at radius 2 is 1.75 bits per heavy atom. The van der Waals surface area contributed by atoms with E-state index in [0.29, 0.717) is 11.5 Å². The number of aryl methyl sites for hydroxylation is 2. The van der Waals surface area contributed by atoms with E-state index in [1.807, 2.05) is 41.6 Å². The van der Waals surface area contributed by atoms with Gasteiger partial charge >= 0.3 is 0 Å². The van der Waals surface area contributed by atoms with Gasteiger partial charge in [0.05, 0.1) is 0 Å². The summed E-state index contributed by atoms with van der Waals surface area (Å²) in [6.07, 6.45) is 8.41. The topological polar surface area (TPSA) is 59.2 Å². The van der Waals surface area contributed by atoms with Crippen LogP contribution in [0.3, 0.4) is 0 Å². The van der Waals surface area contributed by atoms with Gasteiger partial charge < -0.3 is 9.32 Å². The maximum Gasteiger partial charge on any atom is 0.253 e. The molecule has 0 unspecified atom stereocenters. The summed E-state index contributed by atoms with van der Waals surface area (Å²) in [5.41, 5.74) is 4.83. The predicted molar refractivity (Wildman–Crippen MR) is 125 cm³/mol. The number of carbonyl (C=O) groups excluding carboxylic acids is 1. The maximum atomic E-state index is 13.1. The van der Waals surface area contributed by atoms with Crippen LogP contribution in [0.25, 0.3) is 11.1 Å². The van der Waals surface area contributed by atoms with Crippen molar-refractivity contribution in [3.8, 4) is 0 Å².